The van der Waals surface area contributed by atoms with E-state index in [0.29, 0.717) is 38.4 Å². The van der Waals surface area contributed by atoms with Gasteiger partial charge in [-0.25, -0.2) is 14.8 Å². The minimum atomic E-state index is -0.444. The van der Waals surface area contributed by atoms with Gasteiger partial charge in [0.15, 0.2) is 0 Å². The second-order valence-corrected chi connectivity index (χ2v) is 9.16. The molecular formula is C24H25Cl2N7O. The van der Waals surface area contributed by atoms with E-state index in [2.05, 4.69) is 25.6 Å². The molecule has 0 unspecified atom stereocenters. The summed E-state index contributed by atoms with van der Waals surface area (Å²) in [5, 5.41) is 6.27. The number of rotatable bonds is 5. The number of allylic oxidation sites excluding steroid dienone is 1. The number of hydrogen-bond donors (Lipinski definition) is 4. The van der Waals surface area contributed by atoms with Gasteiger partial charge in [-0.2, -0.15) is 0 Å². The molecule has 0 aliphatic carbocycles. The highest BCUT2D eigenvalue weighted by atomic mass is 35.5. The molecule has 6 N–H and O–H groups in total. The summed E-state index contributed by atoms with van der Waals surface area (Å²) < 4.78 is 0. The van der Waals surface area contributed by atoms with Crippen LogP contribution in [0.2, 0.25) is 10.0 Å². The lowest BCUT2D eigenvalue weighted by molar-refractivity contribution is 0.262. The van der Waals surface area contributed by atoms with Gasteiger partial charge in [0.1, 0.15) is 0 Å². The fourth-order valence-corrected chi connectivity index (χ4v) is 3.15. The van der Waals surface area contributed by atoms with Crippen molar-refractivity contribution in [3.63, 3.8) is 0 Å². The number of anilines is 3. The Kier molecular flexibility index (Phi) is 7.75. The SMILES string of the molecule is CC(C)(C)N=CC(=C(N)c1ccnc(N)n1)c1cccc(NC(=O)Nc2ccc(Cl)c(Cl)c2)c1. The van der Waals surface area contributed by atoms with Gasteiger partial charge in [-0.3, -0.25) is 4.99 Å². The maximum absolute atomic E-state index is 12.5. The third-order valence-corrected chi connectivity index (χ3v) is 5.17. The van der Waals surface area contributed by atoms with Crippen molar-refractivity contribution in [1.29, 1.82) is 0 Å². The molecule has 0 radical (unpaired) electrons. The number of benzene rings is 2. The molecule has 3 rings (SSSR count). The molecule has 176 valence electrons. The van der Waals surface area contributed by atoms with Crippen molar-refractivity contribution in [3.8, 4) is 0 Å². The van der Waals surface area contributed by atoms with Crippen LogP contribution in [0.4, 0.5) is 22.1 Å². The zero-order valence-corrected chi connectivity index (χ0v) is 20.4. The zero-order chi connectivity index (χ0) is 24.9. The predicted octanol–water partition coefficient (Wildman–Crippen LogP) is 5.71. The smallest absolute Gasteiger partial charge is 0.323 e. The van der Waals surface area contributed by atoms with Gasteiger partial charge in [0, 0.05) is 29.4 Å². The average Bonchev–Trinajstić information content (AvgIpc) is 2.76. The van der Waals surface area contributed by atoms with E-state index in [0.717, 1.165) is 5.56 Å². The monoisotopic (exact) mass is 497 g/mol. The highest BCUT2D eigenvalue weighted by molar-refractivity contribution is 6.42. The van der Waals surface area contributed by atoms with Crippen LogP contribution in [0.15, 0.2) is 59.7 Å². The van der Waals surface area contributed by atoms with E-state index < -0.39 is 6.03 Å². The van der Waals surface area contributed by atoms with Gasteiger partial charge in [-0.05, 0) is 62.7 Å². The minimum Gasteiger partial charge on any atom is -0.396 e. The number of hydrogen-bond acceptors (Lipinski definition) is 6. The van der Waals surface area contributed by atoms with Gasteiger partial charge >= 0.3 is 6.03 Å². The number of nitrogens with zero attached hydrogens (tertiary/aromatic N) is 3. The van der Waals surface area contributed by atoms with Crippen LogP contribution in [0.3, 0.4) is 0 Å². The summed E-state index contributed by atoms with van der Waals surface area (Å²) in [6, 6.07) is 13.3. The Morgan fingerprint density at radius 3 is 2.38 bits per heavy atom. The first-order valence-electron chi connectivity index (χ1n) is 10.3. The Bertz CT molecular complexity index is 1270. The van der Waals surface area contributed by atoms with Crippen molar-refractivity contribution in [2.75, 3.05) is 16.4 Å². The van der Waals surface area contributed by atoms with Gasteiger partial charge in [0.2, 0.25) is 5.95 Å². The second-order valence-electron chi connectivity index (χ2n) is 8.35. The number of carbonyl (C=O) groups excluding carboxylic acids is 1. The first-order chi connectivity index (χ1) is 16.0. The first-order valence-corrected chi connectivity index (χ1v) is 11.0. The van der Waals surface area contributed by atoms with E-state index in [9.17, 15) is 4.79 Å². The summed E-state index contributed by atoms with van der Waals surface area (Å²) in [5.74, 6) is 0.113. The largest absolute Gasteiger partial charge is 0.396 e. The molecule has 1 heterocycles. The van der Waals surface area contributed by atoms with Crippen LogP contribution in [0.5, 0.6) is 0 Å². The summed E-state index contributed by atoms with van der Waals surface area (Å²) in [6.07, 6.45) is 3.23. The number of nitrogen functional groups attached to an aromatic ring is 1. The summed E-state index contributed by atoms with van der Waals surface area (Å²) >= 11 is 11.9. The molecule has 0 bridgehead atoms. The van der Waals surface area contributed by atoms with Crippen LogP contribution in [0.25, 0.3) is 11.3 Å². The van der Waals surface area contributed by atoms with E-state index in [-0.39, 0.29) is 11.5 Å². The van der Waals surface area contributed by atoms with Crippen LogP contribution < -0.4 is 22.1 Å². The number of aromatic nitrogens is 2. The number of urea groups is 1. The van der Waals surface area contributed by atoms with Crippen molar-refractivity contribution < 1.29 is 4.79 Å². The van der Waals surface area contributed by atoms with Crippen molar-refractivity contribution in [1.82, 2.24) is 9.97 Å². The van der Waals surface area contributed by atoms with Gasteiger partial charge in [-0.15, -0.1) is 0 Å². The molecule has 0 saturated carbocycles. The Morgan fingerprint density at radius 1 is 1.03 bits per heavy atom. The van der Waals surface area contributed by atoms with Crippen molar-refractivity contribution in [3.05, 3.63) is 76.0 Å². The molecule has 2 amide bonds. The number of halogens is 2. The molecule has 0 aliphatic heterocycles. The average molecular weight is 498 g/mol. The zero-order valence-electron chi connectivity index (χ0n) is 18.9. The molecule has 0 atom stereocenters. The van der Waals surface area contributed by atoms with Gasteiger partial charge < -0.3 is 22.1 Å². The van der Waals surface area contributed by atoms with Crippen LogP contribution in [0, 0.1) is 0 Å². The fourth-order valence-electron chi connectivity index (χ4n) is 2.85. The van der Waals surface area contributed by atoms with E-state index in [1.165, 1.54) is 6.20 Å². The normalized spacial score (nSPS) is 12.4. The first kappa shape index (κ1) is 25.0. The summed E-state index contributed by atoms with van der Waals surface area (Å²) in [7, 11) is 0. The Balaban J connectivity index is 1.92. The standard InChI is InChI=1S/C24H25Cl2N7O/c1-24(2,3)30-13-17(21(27)20-9-10-29-22(28)33-20)14-5-4-6-15(11-14)31-23(34)32-16-7-8-18(25)19(26)12-16/h4-13H,27H2,1-3H3,(H2,28,29,33)(H2,31,32,34). The number of nitrogens with one attached hydrogen (secondary N) is 2. The van der Waals surface area contributed by atoms with Crippen molar-refractivity contribution in [2.24, 2.45) is 10.7 Å². The van der Waals surface area contributed by atoms with Crippen LogP contribution in [0.1, 0.15) is 32.0 Å². The molecule has 34 heavy (non-hydrogen) atoms. The summed E-state index contributed by atoms with van der Waals surface area (Å²) in [6.45, 7) is 5.93. The van der Waals surface area contributed by atoms with E-state index in [1.807, 2.05) is 26.8 Å². The molecule has 3 aromatic rings. The summed E-state index contributed by atoms with van der Waals surface area (Å²) in [4.78, 5) is 25.3. The third kappa shape index (κ3) is 6.94. The maximum Gasteiger partial charge on any atom is 0.323 e. The Hall–Kier alpha value is -3.62. The van der Waals surface area contributed by atoms with E-state index in [4.69, 9.17) is 34.7 Å². The molecule has 8 nitrogen and oxygen atoms in total. The Morgan fingerprint density at radius 2 is 1.74 bits per heavy atom. The molecule has 10 heteroatoms. The van der Waals surface area contributed by atoms with Crippen molar-refractivity contribution >= 4 is 64.0 Å². The van der Waals surface area contributed by atoms with Crippen LogP contribution >= 0.6 is 23.2 Å². The topological polar surface area (TPSA) is 131 Å². The highest BCUT2D eigenvalue weighted by Gasteiger charge is 2.13. The third-order valence-electron chi connectivity index (χ3n) is 4.43. The molecule has 0 saturated heterocycles. The second kappa shape index (κ2) is 10.5. The minimum absolute atomic E-state index is 0.113. The van der Waals surface area contributed by atoms with E-state index >= 15 is 0 Å². The number of aliphatic imine (C=N–C) groups is 1. The molecule has 0 spiro atoms. The van der Waals surface area contributed by atoms with Gasteiger partial charge in [-0.1, -0.05) is 35.3 Å². The van der Waals surface area contributed by atoms with E-state index in [1.54, 1.807) is 48.7 Å². The molecule has 1 aromatic heterocycles. The van der Waals surface area contributed by atoms with Crippen molar-refractivity contribution in [2.45, 2.75) is 26.3 Å². The number of carbonyl (C=O) groups is 1. The van der Waals surface area contributed by atoms with Crippen LogP contribution in [-0.2, 0) is 0 Å². The molecule has 0 aliphatic rings. The predicted molar refractivity (Wildman–Crippen MR) is 141 cm³/mol. The quantitative estimate of drug-likeness (QED) is 0.335. The molecule has 2 aromatic carbocycles. The van der Waals surface area contributed by atoms with Gasteiger partial charge in [0.25, 0.3) is 0 Å². The number of amides is 2. The lowest BCUT2D eigenvalue weighted by Gasteiger charge is -2.15. The molecule has 0 fully saturated rings. The van der Waals surface area contributed by atoms with Crippen LogP contribution in [-0.4, -0.2) is 27.8 Å². The molecular weight excluding hydrogens is 473 g/mol. The maximum atomic E-state index is 12.5. The summed E-state index contributed by atoms with van der Waals surface area (Å²) in [5.41, 5.74) is 15.1. The Labute approximate surface area is 208 Å². The fraction of sp³-hybridized carbons (Fsp3) is 0.167. The number of nitrogens with two attached hydrogens (primary N) is 2. The lowest BCUT2D eigenvalue weighted by Crippen LogP contribution is -2.19. The highest BCUT2D eigenvalue weighted by Crippen LogP contribution is 2.26. The lowest BCUT2D eigenvalue weighted by atomic mass is 10.0. The van der Waals surface area contributed by atoms with Gasteiger partial charge in [0.05, 0.1) is 27.0 Å².